The van der Waals surface area contributed by atoms with Gasteiger partial charge in [0.1, 0.15) is 12.3 Å². The van der Waals surface area contributed by atoms with Crippen LogP contribution in [0.15, 0.2) is 12.3 Å². The molecule has 1 heterocycles. The van der Waals surface area contributed by atoms with Gasteiger partial charge in [0.2, 0.25) is 0 Å². The summed E-state index contributed by atoms with van der Waals surface area (Å²) in [5.74, 6) is -3.43. The van der Waals surface area contributed by atoms with Crippen LogP contribution in [0.2, 0.25) is 10.0 Å². The summed E-state index contributed by atoms with van der Waals surface area (Å²) in [5, 5.41) is 8.27. The summed E-state index contributed by atoms with van der Waals surface area (Å²) >= 11 is 10.9. The highest BCUT2D eigenvalue weighted by Gasteiger charge is 2.34. The third-order valence-corrected chi connectivity index (χ3v) is 1.85. The first-order valence-corrected chi connectivity index (χ1v) is 4.03. The SMILES string of the molecule is OCC(F)(F)c1ncc(Cl)cc1Cl. The summed E-state index contributed by atoms with van der Waals surface area (Å²) in [6.45, 7) is -1.33. The topological polar surface area (TPSA) is 33.1 Å². The molecule has 1 N–H and O–H groups in total. The van der Waals surface area contributed by atoms with E-state index in [2.05, 4.69) is 4.98 Å². The maximum absolute atomic E-state index is 12.8. The maximum Gasteiger partial charge on any atom is 0.313 e. The molecular weight excluding hydrogens is 223 g/mol. The van der Waals surface area contributed by atoms with Crippen LogP contribution in [-0.4, -0.2) is 16.7 Å². The number of aromatic nitrogens is 1. The number of nitrogens with zero attached hydrogens (tertiary/aromatic N) is 1. The van der Waals surface area contributed by atoms with E-state index in [0.717, 1.165) is 12.3 Å². The Bertz CT molecular complexity index is 319. The average Bonchev–Trinajstić information content (AvgIpc) is 2.03. The van der Waals surface area contributed by atoms with E-state index in [-0.39, 0.29) is 10.0 Å². The molecule has 2 nitrogen and oxygen atoms in total. The van der Waals surface area contributed by atoms with Crippen LogP contribution in [0.5, 0.6) is 0 Å². The lowest BCUT2D eigenvalue weighted by Gasteiger charge is -2.13. The lowest BCUT2D eigenvalue weighted by molar-refractivity contribution is -0.0591. The number of aliphatic hydroxyl groups is 1. The van der Waals surface area contributed by atoms with Gasteiger partial charge in [-0.25, -0.2) is 0 Å². The van der Waals surface area contributed by atoms with Crippen LogP contribution in [-0.2, 0) is 5.92 Å². The minimum absolute atomic E-state index is 0.169. The van der Waals surface area contributed by atoms with E-state index in [1.807, 2.05) is 0 Å². The van der Waals surface area contributed by atoms with Crippen molar-refractivity contribution in [3.05, 3.63) is 28.0 Å². The molecule has 13 heavy (non-hydrogen) atoms. The molecule has 0 radical (unpaired) electrons. The zero-order valence-corrected chi connectivity index (χ0v) is 7.78. The third-order valence-electron chi connectivity index (χ3n) is 1.35. The number of halogens is 4. The molecule has 0 aliphatic carbocycles. The fourth-order valence-electron chi connectivity index (χ4n) is 0.759. The van der Waals surface area contributed by atoms with E-state index >= 15 is 0 Å². The standard InChI is InChI=1S/C7H5Cl2F2NO/c8-4-1-5(9)6(12-2-4)7(10,11)3-13/h1-2,13H,3H2. The fourth-order valence-corrected chi connectivity index (χ4v) is 1.28. The summed E-state index contributed by atoms with van der Waals surface area (Å²) in [4.78, 5) is 3.35. The Morgan fingerprint density at radius 3 is 2.54 bits per heavy atom. The van der Waals surface area contributed by atoms with Crippen molar-refractivity contribution in [3.8, 4) is 0 Å². The zero-order valence-electron chi connectivity index (χ0n) is 6.27. The quantitative estimate of drug-likeness (QED) is 0.843. The molecular formula is C7H5Cl2F2NO. The van der Waals surface area contributed by atoms with Crippen LogP contribution in [0.3, 0.4) is 0 Å². The summed E-state index contributed by atoms with van der Waals surface area (Å²) in [5.41, 5.74) is -0.666. The molecule has 0 aromatic carbocycles. The van der Waals surface area contributed by atoms with Gasteiger partial charge < -0.3 is 5.11 Å². The number of aliphatic hydroxyl groups excluding tert-OH is 1. The lowest BCUT2D eigenvalue weighted by Crippen LogP contribution is -2.20. The molecule has 0 spiro atoms. The van der Waals surface area contributed by atoms with Crippen molar-refractivity contribution in [3.63, 3.8) is 0 Å². The number of pyridine rings is 1. The van der Waals surface area contributed by atoms with Crippen molar-refractivity contribution >= 4 is 23.2 Å². The van der Waals surface area contributed by atoms with E-state index in [1.54, 1.807) is 0 Å². The average molecular weight is 228 g/mol. The van der Waals surface area contributed by atoms with Crippen molar-refractivity contribution in [2.45, 2.75) is 5.92 Å². The van der Waals surface area contributed by atoms with Gasteiger partial charge in [0.05, 0.1) is 10.0 Å². The molecule has 0 saturated heterocycles. The molecule has 1 rings (SSSR count). The van der Waals surface area contributed by atoms with Gasteiger partial charge in [-0.05, 0) is 6.07 Å². The van der Waals surface area contributed by atoms with Crippen LogP contribution < -0.4 is 0 Å². The monoisotopic (exact) mass is 227 g/mol. The zero-order chi connectivity index (χ0) is 10.1. The number of hydrogen-bond donors (Lipinski definition) is 1. The second-order valence-electron chi connectivity index (χ2n) is 2.35. The maximum atomic E-state index is 12.8. The van der Waals surface area contributed by atoms with Gasteiger partial charge in [-0.15, -0.1) is 0 Å². The van der Waals surface area contributed by atoms with Gasteiger partial charge in [0, 0.05) is 6.20 Å². The van der Waals surface area contributed by atoms with Crippen LogP contribution in [0.1, 0.15) is 5.69 Å². The Hall–Kier alpha value is -0.450. The Balaban J connectivity index is 3.16. The molecule has 1 aromatic rings. The van der Waals surface area contributed by atoms with Crippen LogP contribution in [0.25, 0.3) is 0 Å². The van der Waals surface area contributed by atoms with Gasteiger partial charge in [-0.3, -0.25) is 4.98 Å². The van der Waals surface area contributed by atoms with E-state index in [9.17, 15) is 8.78 Å². The van der Waals surface area contributed by atoms with Crippen LogP contribution in [0, 0.1) is 0 Å². The summed E-state index contributed by atoms with van der Waals surface area (Å²) in [6, 6.07) is 1.15. The van der Waals surface area contributed by atoms with E-state index in [1.165, 1.54) is 0 Å². The molecule has 0 saturated carbocycles. The largest absolute Gasteiger partial charge is 0.390 e. The van der Waals surface area contributed by atoms with Crippen LogP contribution in [0.4, 0.5) is 8.78 Å². The summed E-state index contributed by atoms with van der Waals surface area (Å²) in [6.07, 6.45) is 1.05. The molecule has 0 aliphatic rings. The van der Waals surface area contributed by atoms with Crippen molar-refractivity contribution in [2.75, 3.05) is 6.61 Å². The molecule has 6 heteroatoms. The van der Waals surface area contributed by atoms with Gasteiger partial charge >= 0.3 is 5.92 Å². The van der Waals surface area contributed by atoms with Crippen molar-refractivity contribution < 1.29 is 13.9 Å². The van der Waals surface area contributed by atoms with Gasteiger partial charge in [-0.2, -0.15) is 8.78 Å². The highest BCUT2D eigenvalue weighted by Crippen LogP contribution is 2.32. The second-order valence-corrected chi connectivity index (χ2v) is 3.19. The van der Waals surface area contributed by atoms with E-state index in [0.29, 0.717) is 0 Å². The highest BCUT2D eigenvalue weighted by atomic mass is 35.5. The fraction of sp³-hybridized carbons (Fsp3) is 0.286. The molecule has 0 amide bonds. The first-order chi connectivity index (χ1) is 5.97. The van der Waals surface area contributed by atoms with Crippen molar-refractivity contribution in [1.82, 2.24) is 4.98 Å². The molecule has 0 unspecified atom stereocenters. The van der Waals surface area contributed by atoms with Gasteiger partial charge in [0.15, 0.2) is 0 Å². The predicted octanol–water partition coefficient (Wildman–Crippen LogP) is 2.47. The smallest absolute Gasteiger partial charge is 0.313 e. The highest BCUT2D eigenvalue weighted by molar-refractivity contribution is 6.34. The number of hydrogen-bond acceptors (Lipinski definition) is 2. The molecule has 1 aromatic heterocycles. The first kappa shape index (κ1) is 10.6. The Morgan fingerprint density at radius 1 is 1.46 bits per heavy atom. The van der Waals surface area contributed by atoms with Crippen LogP contribution >= 0.6 is 23.2 Å². The van der Waals surface area contributed by atoms with E-state index < -0.39 is 18.2 Å². The first-order valence-electron chi connectivity index (χ1n) is 3.27. The Morgan fingerprint density at radius 2 is 2.08 bits per heavy atom. The second kappa shape index (κ2) is 3.74. The number of rotatable bonds is 2. The Kier molecular flexibility index (Phi) is 3.05. The van der Waals surface area contributed by atoms with Crippen molar-refractivity contribution in [2.24, 2.45) is 0 Å². The molecule has 0 fully saturated rings. The normalized spacial score (nSPS) is 11.8. The lowest BCUT2D eigenvalue weighted by atomic mass is 10.2. The Labute approximate surface area is 83.1 Å². The molecule has 0 aliphatic heterocycles. The molecule has 0 bridgehead atoms. The third kappa shape index (κ3) is 2.27. The van der Waals surface area contributed by atoms with Gasteiger partial charge in [-0.1, -0.05) is 23.2 Å². The molecule has 0 atom stereocenters. The van der Waals surface area contributed by atoms with E-state index in [4.69, 9.17) is 28.3 Å². The number of alkyl halides is 2. The van der Waals surface area contributed by atoms with Crippen molar-refractivity contribution in [1.29, 1.82) is 0 Å². The molecule has 72 valence electrons. The van der Waals surface area contributed by atoms with Gasteiger partial charge in [0.25, 0.3) is 0 Å². The minimum Gasteiger partial charge on any atom is -0.390 e. The summed E-state index contributed by atoms with van der Waals surface area (Å²) in [7, 11) is 0. The summed E-state index contributed by atoms with van der Waals surface area (Å²) < 4.78 is 25.7. The minimum atomic E-state index is -3.43. The predicted molar refractivity (Wildman–Crippen MR) is 45.2 cm³/mol.